The molecule has 0 bridgehead atoms. The summed E-state index contributed by atoms with van der Waals surface area (Å²) in [6.45, 7) is 22.0. The Hall–Kier alpha value is -1.96. The van der Waals surface area contributed by atoms with Crippen LogP contribution in [0.5, 0.6) is 11.5 Å². The molecule has 2 aromatic carbocycles. The van der Waals surface area contributed by atoms with Gasteiger partial charge in [0.15, 0.2) is 0 Å². The molecular weight excluding hydrogens is 464 g/mol. The predicted molar refractivity (Wildman–Crippen MR) is 166 cm³/mol. The Morgan fingerprint density at radius 3 is 1.26 bits per heavy atom. The molecule has 0 saturated carbocycles. The van der Waals surface area contributed by atoms with Crippen molar-refractivity contribution in [2.75, 3.05) is 0 Å². The Labute approximate surface area is 235 Å². The lowest BCUT2D eigenvalue weighted by Gasteiger charge is -2.40. The van der Waals surface area contributed by atoms with Gasteiger partial charge in [-0.2, -0.15) is 0 Å². The zero-order valence-corrected chi connectivity index (χ0v) is 26.5. The fraction of sp³-hybridized carbons (Fsp3) is 0.667. The van der Waals surface area contributed by atoms with Crippen LogP contribution in [0.15, 0.2) is 24.3 Å². The Balaban J connectivity index is 2.68. The average molecular weight is 523 g/mol. The van der Waals surface area contributed by atoms with Gasteiger partial charge in [-0.05, 0) is 83.0 Å². The van der Waals surface area contributed by atoms with E-state index in [0.717, 1.165) is 41.5 Å². The molecule has 0 aliphatic heterocycles. The summed E-state index contributed by atoms with van der Waals surface area (Å²) < 4.78 is 0. The van der Waals surface area contributed by atoms with Gasteiger partial charge in [-0.25, -0.2) is 0 Å². The molecule has 0 amide bonds. The highest BCUT2D eigenvalue weighted by Gasteiger charge is 2.38. The highest BCUT2D eigenvalue weighted by molar-refractivity contribution is 5.55. The van der Waals surface area contributed by atoms with Crippen LogP contribution >= 0.6 is 0 Å². The van der Waals surface area contributed by atoms with E-state index in [2.05, 4.69) is 81.4 Å². The quantitative estimate of drug-likeness (QED) is 0.257. The van der Waals surface area contributed by atoms with E-state index in [1.165, 1.54) is 62.5 Å². The predicted octanol–water partition coefficient (Wildman–Crippen LogP) is 10.9. The van der Waals surface area contributed by atoms with Crippen LogP contribution in [0.3, 0.4) is 0 Å². The first kappa shape index (κ1) is 32.3. The van der Waals surface area contributed by atoms with Gasteiger partial charge in [0, 0.05) is 5.41 Å². The largest absolute Gasteiger partial charge is 0.508 e. The van der Waals surface area contributed by atoms with Crippen molar-refractivity contribution in [3.05, 3.63) is 57.6 Å². The highest BCUT2D eigenvalue weighted by atomic mass is 16.3. The minimum atomic E-state index is -0.160. The molecule has 2 rings (SSSR count). The van der Waals surface area contributed by atoms with Gasteiger partial charge in [-0.1, -0.05) is 125 Å². The number of aryl methyl sites for hydroxylation is 2. The summed E-state index contributed by atoms with van der Waals surface area (Å²) in [6.07, 6.45) is 13.6. The summed E-state index contributed by atoms with van der Waals surface area (Å²) in [6, 6.07) is 8.62. The Morgan fingerprint density at radius 1 is 0.500 bits per heavy atom. The van der Waals surface area contributed by atoms with Crippen molar-refractivity contribution in [1.82, 2.24) is 0 Å². The van der Waals surface area contributed by atoms with Gasteiger partial charge in [0.2, 0.25) is 0 Å². The second-order valence-corrected chi connectivity index (χ2v) is 13.9. The van der Waals surface area contributed by atoms with Gasteiger partial charge in [-0.15, -0.1) is 0 Å². The molecule has 0 aliphatic rings. The molecule has 38 heavy (non-hydrogen) atoms. The maximum atomic E-state index is 11.0. The molecule has 2 nitrogen and oxygen atoms in total. The van der Waals surface area contributed by atoms with Crippen molar-refractivity contribution in [3.63, 3.8) is 0 Å². The summed E-state index contributed by atoms with van der Waals surface area (Å²) in [5.41, 5.74) is 6.59. The second kappa shape index (κ2) is 13.4. The fourth-order valence-electron chi connectivity index (χ4n) is 6.41. The normalized spacial score (nSPS) is 12.8. The zero-order chi connectivity index (χ0) is 28.7. The number of benzene rings is 2. The van der Waals surface area contributed by atoms with E-state index < -0.39 is 0 Å². The Bertz CT molecular complexity index is 963. The van der Waals surface area contributed by atoms with Crippen LogP contribution in [0.4, 0.5) is 0 Å². The van der Waals surface area contributed by atoms with E-state index in [9.17, 15) is 10.2 Å². The molecule has 0 aliphatic carbocycles. The topological polar surface area (TPSA) is 40.5 Å². The lowest BCUT2D eigenvalue weighted by Crippen LogP contribution is -2.31. The number of aromatic hydroxyl groups is 2. The van der Waals surface area contributed by atoms with E-state index >= 15 is 0 Å². The molecule has 214 valence electrons. The third-order valence-corrected chi connectivity index (χ3v) is 8.47. The van der Waals surface area contributed by atoms with Crippen molar-refractivity contribution in [2.45, 2.75) is 156 Å². The van der Waals surface area contributed by atoms with E-state index in [1.54, 1.807) is 0 Å². The van der Waals surface area contributed by atoms with Crippen LogP contribution in [-0.4, -0.2) is 10.2 Å². The van der Waals surface area contributed by atoms with Crippen LogP contribution in [0.1, 0.15) is 159 Å². The minimum absolute atomic E-state index is 0.149. The van der Waals surface area contributed by atoms with Crippen molar-refractivity contribution in [3.8, 4) is 11.5 Å². The van der Waals surface area contributed by atoms with Gasteiger partial charge < -0.3 is 10.2 Å². The van der Waals surface area contributed by atoms with Crippen molar-refractivity contribution in [2.24, 2.45) is 0 Å². The van der Waals surface area contributed by atoms with Crippen molar-refractivity contribution < 1.29 is 10.2 Å². The average Bonchev–Trinajstić information content (AvgIpc) is 2.78. The van der Waals surface area contributed by atoms with Gasteiger partial charge in [0.1, 0.15) is 11.5 Å². The second-order valence-electron chi connectivity index (χ2n) is 13.9. The van der Waals surface area contributed by atoms with Gasteiger partial charge in [-0.3, -0.25) is 0 Å². The number of phenols is 2. The zero-order valence-electron chi connectivity index (χ0n) is 26.5. The molecule has 0 saturated heterocycles. The maximum absolute atomic E-state index is 11.0. The monoisotopic (exact) mass is 522 g/mol. The van der Waals surface area contributed by atoms with Gasteiger partial charge in [0.25, 0.3) is 0 Å². The molecule has 0 heterocycles. The Morgan fingerprint density at radius 2 is 0.895 bits per heavy atom. The van der Waals surface area contributed by atoms with Crippen LogP contribution < -0.4 is 0 Å². The van der Waals surface area contributed by atoms with E-state index in [1.807, 2.05) is 12.1 Å². The number of rotatable bonds is 13. The standard InChI is InChI=1S/C36H58O2/c1-11-13-14-15-16-17-18-19-21-36(20-12-2,28-24-30(34(5,6)7)32(37)22-26(28)3)29-25-31(35(8,9)10)33(38)23-27(29)4/h22-25,37-38H,11-21H2,1-10H3. The summed E-state index contributed by atoms with van der Waals surface area (Å²) in [5.74, 6) is 0.795. The molecule has 0 atom stereocenters. The molecule has 0 unspecified atom stereocenters. The SMILES string of the molecule is CCCCCCCCCCC(CCC)(c1cc(C(C)(C)C)c(O)cc1C)c1cc(C(C)(C)C)c(O)cc1C. The fourth-order valence-corrected chi connectivity index (χ4v) is 6.41. The number of unbranched alkanes of at least 4 members (excludes halogenated alkanes) is 7. The maximum Gasteiger partial charge on any atom is 0.119 e. The molecule has 2 heteroatoms. The number of phenolic OH excluding ortho intramolecular Hbond substituents is 2. The first-order valence-electron chi connectivity index (χ1n) is 15.4. The third kappa shape index (κ3) is 7.80. The van der Waals surface area contributed by atoms with E-state index in [4.69, 9.17) is 0 Å². The molecule has 0 radical (unpaired) electrons. The summed E-state index contributed by atoms with van der Waals surface area (Å²) in [4.78, 5) is 0. The lowest BCUT2D eigenvalue weighted by molar-refractivity contribution is 0.394. The number of hydrogen-bond donors (Lipinski definition) is 2. The van der Waals surface area contributed by atoms with Crippen LogP contribution in [-0.2, 0) is 16.2 Å². The van der Waals surface area contributed by atoms with Crippen LogP contribution in [0, 0.1) is 13.8 Å². The van der Waals surface area contributed by atoms with E-state index in [-0.39, 0.29) is 16.2 Å². The Kier molecular flexibility index (Phi) is 11.4. The molecule has 0 aromatic heterocycles. The highest BCUT2D eigenvalue weighted by Crippen LogP contribution is 2.48. The molecule has 2 N–H and O–H groups in total. The molecular formula is C36H58O2. The van der Waals surface area contributed by atoms with Gasteiger partial charge in [0.05, 0.1) is 0 Å². The smallest absolute Gasteiger partial charge is 0.119 e. The summed E-state index contributed by atoms with van der Waals surface area (Å²) in [5, 5.41) is 21.9. The molecule has 2 aromatic rings. The summed E-state index contributed by atoms with van der Waals surface area (Å²) in [7, 11) is 0. The van der Waals surface area contributed by atoms with E-state index in [0.29, 0.717) is 11.5 Å². The first-order chi connectivity index (χ1) is 17.7. The first-order valence-corrected chi connectivity index (χ1v) is 15.4. The third-order valence-electron chi connectivity index (χ3n) is 8.47. The number of hydrogen-bond acceptors (Lipinski definition) is 2. The van der Waals surface area contributed by atoms with Gasteiger partial charge >= 0.3 is 0 Å². The van der Waals surface area contributed by atoms with Crippen molar-refractivity contribution in [1.29, 1.82) is 0 Å². The lowest BCUT2D eigenvalue weighted by atomic mass is 9.64. The van der Waals surface area contributed by atoms with Crippen LogP contribution in [0.25, 0.3) is 0 Å². The molecule has 0 spiro atoms. The summed E-state index contributed by atoms with van der Waals surface area (Å²) >= 11 is 0. The van der Waals surface area contributed by atoms with Crippen molar-refractivity contribution >= 4 is 0 Å². The van der Waals surface area contributed by atoms with Crippen LogP contribution in [0.2, 0.25) is 0 Å². The molecule has 0 fully saturated rings. The minimum Gasteiger partial charge on any atom is -0.508 e.